The Bertz CT molecular complexity index is 1350. The van der Waals surface area contributed by atoms with Crippen LogP contribution in [0.25, 0.3) is 32.7 Å². The molecule has 0 saturated carbocycles. The number of furan rings is 1. The standard InChI is InChI=1S/C24H20FN5OS/c25-18-11-28-8-6-16(18)24-29-21-17(15-7-9-31-12-15)13-32-23(21)22(30-24)20(27)19(26)10-14-4-2-1-3-5-14/h1-9,11-13,19-20H,10,26-27H2. The van der Waals surface area contributed by atoms with Gasteiger partial charge in [0.25, 0.3) is 0 Å². The molecule has 0 aliphatic rings. The Labute approximate surface area is 187 Å². The van der Waals surface area contributed by atoms with Crippen LogP contribution in [-0.2, 0) is 6.42 Å². The van der Waals surface area contributed by atoms with Crippen molar-refractivity contribution in [1.82, 2.24) is 15.0 Å². The lowest BCUT2D eigenvalue weighted by Crippen LogP contribution is -2.36. The van der Waals surface area contributed by atoms with Crippen LogP contribution in [0.1, 0.15) is 17.3 Å². The molecule has 1 aromatic carbocycles. The molecule has 6 nitrogen and oxygen atoms in total. The second-order valence-corrected chi connectivity index (χ2v) is 8.39. The van der Waals surface area contributed by atoms with Gasteiger partial charge in [-0.3, -0.25) is 4.98 Å². The van der Waals surface area contributed by atoms with E-state index in [1.165, 1.54) is 17.5 Å². The smallest absolute Gasteiger partial charge is 0.163 e. The first kappa shape index (κ1) is 20.4. The van der Waals surface area contributed by atoms with Crippen molar-refractivity contribution in [3.63, 3.8) is 0 Å². The van der Waals surface area contributed by atoms with Gasteiger partial charge in [-0.2, -0.15) is 0 Å². The van der Waals surface area contributed by atoms with E-state index in [4.69, 9.17) is 25.9 Å². The quantitative estimate of drug-likeness (QED) is 0.392. The Morgan fingerprint density at radius 3 is 2.62 bits per heavy atom. The van der Waals surface area contributed by atoms with Crippen molar-refractivity contribution in [3.05, 3.63) is 89.8 Å². The van der Waals surface area contributed by atoms with E-state index in [9.17, 15) is 4.39 Å². The molecule has 32 heavy (non-hydrogen) atoms. The van der Waals surface area contributed by atoms with E-state index in [1.807, 2.05) is 41.8 Å². The molecule has 5 aromatic rings. The van der Waals surface area contributed by atoms with Gasteiger partial charge in [0.2, 0.25) is 0 Å². The molecule has 0 aliphatic heterocycles. The zero-order valence-corrected chi connectivity index (χ0v) is 17.8. The molecule has 5 rings (SSSR count). The fourth-order valence-electron chi connectivity index (χ4n) is 3.68. The minimum absolute atomic E-state index is 0.248. The summed E-state index contributed by atoms with van der Waals surface area (Å²) in [5, 5.41) is 1.98. The highest BCUT2D eigenvalue weighted by atomic mass is 32.1. The largest absolute Gasteiger partial charge is 0.472 e. The van der Waals surface area contributed by atoms with Gasteiger partial charge in [0.15, 0.2) is 11.6 Å². The lowest BCUT2D eigenvalue weighted by molar-refractivity contribution is 0.536. The minimum atomic E-state index is -0.569. The predicted octanol–water partition coefficient (Wildman–Crippen LogP) is 4.72. The molecule has 2 atom stereocenters. The molecular weight excluding hydrogens is 425 g/mol. The van der Waals surface area contributed by atoms with Crippen LogP contribution in [-0.4, -0.2) is 21.0 Å². The maximum atomic E-state index is 14.5. The van der Waals surface area contributed by atoms with Gasteiger partial charge < -0.3 is 15.9 Å². The Kier molecular flexibility index (Phi) is 5.48. The lowest BCUT2D eigenvalue weighted by atomic mass is 9.97. The highest BCUT2D eigenvalue weighted by Gasteiger charge is 2.25. The number of halogens is 1. The van der Waals surface area contributed by atoms with E-state index in [1.54, 1.807) is 18.6 Å². The normalized spacial score (nSPS) is 13.3. The molecule has 0 fully saturated rings. The molecule has 4 heterocycles. The first-order valence-electron chi connectivity index (χ1n) is 10.1. The molecule has 0 aliphatic carbocycles. The first-order chi connectivity index (χ1) is 15.6. The Hall–Kier alpha value is -3.46. The molecule has 0 spiro atoms. The van der Waals surface area contributed by atoms with Gasteiger partial charge in [-0.15, -0.1) is 11.3 Å². The molecule has 0 radical (unpaired) electrons. The number of aromatic nitrogens is 3. The second-order valence-electron chi connectivity index (χ2n) is 7.51. The Balaban J connectivity index is 1.64. The van der Waals surface area contributed by atoms with Gasteiger partial charge in [0.05, 0.1) is 46.2 Å². The van der Waals surface area contributed by atoms with Gasteiger partial charge in [-0.1, -0.05) is 30.3 Å². The number of rotatable bonds is 6. The lowest BCUT2D eigenvalue weighted by Gasteiger charge is -2.21. The van der Waals surface area contributed by atoms with E-state index in [2.05, 4.69) is 4.98 Å². The summed E-state index contributed by atoms with van der Waals surface area (Å²) in [4.78, 5) is 13.2. The fraction of sp³-hybridized carbons (Fsp3) is 0.125. The number of nitrogens with two attached hydrogens (primary N) is 2. The number of hydrogen-bond acceptors (Lipinski definition) is 7. The molecule has 0 saturated heterocycles. The van der Waals surface area contributed by atoms with Crippen LogP contribution < -0.4 is 11.5 Å². The van der Waals surface area contributed by atoms with Crippen molar-refractivity contribution >= 4 is 21.6 Å². The van der Waals surface area contributed by atoms with Crippen molar-refractivity contribution in [2.24, 2.45) is 11.5 Å². The van der Waals surface area contributed by atoms with Crippen LogP contribution in [0.2, 0.25) is 0 Å². The van der Waals surface area contributed by atoms with Gasteiger partial charge in [-0.25, -0.2) is 14.4 Å². The third-order valence-electron chi connectivity index (χ3n) is 5.38. The Morgan fingerprint density at radius 2 is 1.88 bits per heavy atom. The minimum Gasteiger partial charge on any atom is -0.472 e. The number of thiophene rings is 1. The summed E-state index contributed by atoms with van der Waals surface area (Å²) >= 11 is 1.49. The monoisotopic (exact) mass is 445 g/mol. The van der Waals surface area contributed by atoms with E-state index >= 15 is 0 Å². The number of pyridine rings is 1. The zero-order valence-electron chi connectivity index (χ0n) is 17.0. The number of fused-ring (bicyclic) bond motifs is 1. The average Bonchev–Trinajstić information content (AvgIpc) is 3.48. The van der Waals surface area contributed by atoms with Gasteiger partial charge in [0, 0.05) is 28.7 Å². The van der Waals surface area contributed by atoms with E-state index in [-0.39, 0.29) is 17.4 Å². The van der Waals surface area contributed by atoms with Crippen molar-refractivity contribution in [1.29, 1.82) is 0 Å². The summed E-state index contributed by atoms with van der Waals surface area (Å²) in [6.45, 7) is 0. The number of benzene rings is 1. The van der Waals surface area contributed by atoms with Crippen molar-refractivity contribution in [2.45, 2.75) is 18.5 Å². The van der Waals surface area contributed by atoms with Gasteiger partial charge in [-0.05, 0) is 24.1 Å². The SMILES string of the molecule is NC(Cc1ccccc1)C(N)c1nc(-c2ccncc2F)nc2c(-c3ccoc3)csc12. The summed E-state index contributed by atoms with van der Waals surface area (Å²) in [7, 11) is 0. The molecule has 2 unspecified atom stereocenters. The predicted molar refractivity (Wildman–Crippen MR) is 123 cm³/mol. The van der Waals surface area contributed by atoms with Crippen molar-refractivity contribution < 1.29 is 8.81 Å². The summed E-state index contributed by atoms with van der Waals surface area (Å²) in [5.41, 5.74) is 17.5. The van der Waals surface area contributed by atoms with Crippen molar-refractivity contribution in [2.75, 3.05) is 0 Å². The topological polar surface area (TPSA) is 104 Å². The second kappa shape index (κ2) is 8.58. The van der Waals surface area contributed by atoms with Crippen LogP contribution in [0.3, 0.4) is 0 Å². The number of nitrogens with zero attached hydrogens (tertiary/aromatic N) is 3. The van der Waals surface area contributed by atoms with Crippen LogP contribution >= 0.6 is 11.3 Å². The van der Waals surface area contributed by atoms with E-state index < -0.39 is 11.9 Å². The molecule has 8 heteroatoms. The molecular formula is C24H20FN5OS. The van der Waals surface area contributed by atoms with E-state index in [0.717, 1.165) is 27.6 Å². The molecule has 4 aromatic heterocycles. The van der Waals surface area contributed by atoms with Crippen LogP contribution in [0, 0.1) is 5.82 Å². The highest BCUT2D eigenvalue weighted by Crippen LogP contribution is 2.38. The third-order valence-corrected chi connectivity index (χ3v) is 6.37. The van der Waals surface area contributed by atoms with Gasteiger partial charge >= 0.3 is 0 Å². The van der Waals surface area contributed by atoms with E-state index in [0.29, 0.717) is 17.6 Å². The summed E-state index contributed by atoms with van der Waals surface area (Å²) < 4.78 is 20.6. The Morgan fingerprint density at radius 1 is 1.03 bits per heavy atom. The molecule has 4 N–H and O–H groups in total. The number of hydrogen-bond donors (Lipinski definition) is 2. The maximum absolute atomic E-state index is 14.5. The average molecular weight is 446 g/mol. The molecule has 160 valence electrons. The zero-order chi connectivity index (χ0) is 22.1. The van der Waals surface area contributed by atoms with Gasteiger partial charge in [0.1, 0.15) is 0 Å². The van der Waals surface area contributed by atoms with Crippen molar-refractivity contribution in [3.8, 4) is 22.5 Å². The fourth-order valence-corrected chi connectivity index (χ4v) is 4.73. The summed E-state index contributed by atoms with van der Waals surface area (Å²) in [6, 6.07) is 12.4. The third kappa shape index (κ3) is 3.80. The van der Waals surface area contributed by atoms with Crippen LogP contribution in [0.5, 0.6) is 0 Å². The highest BCUT2D eigenvalue weighted by molar-refractivity contribution is 7.17. The summed E-state index contributed by atoms with van der Waals surface area (Å²) in [5.74, 6) is -0.252. The molecule has 0 amide bonds. The van der Waals surface area contributed by atoms with Crippen LogP contribution in [0.15, 0.2) is 77.2 Å². The maximum Gasteiger partial charge on any atom is 0.163 e. The first-order valence-corrected chi connectivity index (χ1v) is 11.0. The van der Waals surface area contributed by atoms with Crippen LogP contribution in [0.4, 0.5) is 4.39 Å². The summed E-state index contributed by atoms with van der Waals surface area (Å²) in [6.07, 6.45) is 6.50. The molecule has 0 bridgehead atoms.